The third kappa shape index (κ3) is 5.43. The molecule has 0 aliphatic carbocycles. The van der Waals surface area contributed by atoms with E-state index in [0.29, 0.717) is 5.56 Å². The fourth-order valence-electron chi connectivity index (χ4n) is 1.96. The Morgan fingerprint density at radius 2 is 1.70 bits per heavy atom. The first kappa shape index (κ1) is 16.5. The molecule has 2 N–H and O–H groups in total. The topological polar surface area (TPSA) is 75.6 Å². The molecule has 0 saturated heterocycles. The molecule has 2 aromatic rings. The largest absolute Gasteiger partial charge is 0.480 e. The summed E-state index contributed by atoms with van der Waals surface area (Å²) in [5, 5.41) is 11.5. The molecule has 0 aromatic heterocycles. The van der Waals surface area contributed by atoms with E-state index in [1.165, 1.54) is 24.3 Å². The van der Waals surface area contributed by atoms with Crippen molar-refractivity contribution in [2.75, 3.05) is 0 Å². The SMILES string of the molecule is O=C(N[C@H](Cc1ccc(F)cc1)C(=O)O)OCc1ccccc1. The number of rotatable bonds is 6. The molecule has 0 radical (unpaired) electrons. The number of aliphatic carboxylic acids is 1. The van der Waals surface area contributed by atoms with Gasteiger partial charge in [0.2, 0.25) is 0 Å². The molecule has 0 fully saturated rings. The van der Waals surface area contributed by atoms with Crippen molar-refractivity contribution in [2.24, 2.45) is 0 Å². The summed E-state index contributed by atoms with van der Waals surface area (Å²) in [6, 6.07) is 13.3. The molecule has 0 aliphatic rings. The quantitative estimate of drug-likeness (QED) is 0.859. The number of hydrogen-bond donors (Lipinski definition) is 2. The highest BCUT2D eigenvalue weighted by molar-refractivity contribution is 5.80. The molecule has 0 saturated carbocycles. The number of hydrogen-bond acceptors (Lipinski definition) is 3. The number of amides is 1. The van der Waals surface area contributed by atoms with Crippen molar-refractivity contribution in [3.63, 3.8) is 0 Å². The molecule has 0 spiro atoms. The third-order valence-electron chi connectivity index (χ3n) is 3.16. The first-order chi connectivity index (χ1) is 11.0. The number of benzene rings is 2. The number of carbonyl (C=O) groups is 2. The maximum Gasteiger partial charge on any atom is 0.408 e. The van der Waals surface area contributed by atoms with Crippen molar-refractivity contribution in [3.8, 4) is 0 Å². The van der Waals surface area contributed by atoms with Crippen LogP contribution in [0.1, 0.15) is 11.1 Å². The van der Waals surface area contributed by atoms with E-state index in [-0.39, 0.29) is 13.0 Å². The van der Waals surface area contributed by atoms with Gasteiger partial charge in [0.25, 0.3) is 0 Å². The molecular formula is C17H16FNO4. The van der Waals surface area contributed by atoms with E-state index in [2.05, 4.69) is 5.32 Å². The van der Waals surface area contributed by atoms with Crippen molar-refractivity contribution >= 4 is 12.1 Å². The van der Waals surface area contributed by atoms with Crippen LogP contribution in [0.4, 0.5) is 9.18 Å². The highest BCUT2D eigenvalue weighted by atomic mass is 19.1. The summed E-state index contributed by atoms with van der Waals surface area (Å²) in [7, 11) is 0. The fourth-order valence-corrected chi connectivity index (χ4v) is 1.96. The second kappa shape index (κ2) is 7.93. The summed E-state index contributed by atoms with van der Waals surface area (Å²) in [6.07, 6.45) is -0.779. The first-order valence-electron chi connectivity index (χ1n) is 6.99. The van der Waals surface area contributed by atoms with Crippen LogP contribution >= 0.6 is 0 Å². The van der Waals surface area contributed by atoms with Gasteiger partial charge in [0.05, 0.1) is 0 Å². The van der Waals surface area contributed by atoms with Crippen LogP contribution in [0.25, 0.3) is 0 Å². The van der Waals surface area contributed by atoms with Gasteiger partial charge in [0.1, 0.15) is 18.5 Å². The predicted octanol–water partition coefficient (Wildman–Crippen LogP) is 2.75. The summed E-state index contributed by atoms with van der Waals surface area (Å²) in [6.45, 7) is 0.0512. The van der Waals surface area contributed by atoms with Gasteiger partial charge in [-0.25, -0.2) is 14.0 Å². The molecular weight excluding hydrogens is 301 g/mol. The Morgan fingerprint density at radius 3 is 2.30 bits per heavy atom. The highest BCUT2D eigenvalue weighted by Gasteiger charge is 2.21. The smallest absolute Gasteiger partial charge is 0.408 e. The molecule has 120 valence electrons. The summed E-state index contributed by atoms with van der Waals surface area (Å²) in [4.78, 5) is 23.0. The number of carboxylic acid groups (broad SMARTS) is 1. The average Bonchev–Trinajstić information content (AvgIpc) is 2.55. The standard InChI is InChI=1S/C17H16FNO4/c18-14-8-6-12(7-9-14)10-15(16(20)21)19-17(22)23-11-13-4-2-1-3-5-13/h1-9,15H,10-11H2,(H,19,22)(H,20,21)/t15-/m1/s1. The number of carbonyl (C=O) groups excluding carboxylic acids is 1. The van der Waals surface area contributed by atoms with Gasteiger partial charge < -0.3 is 15.2 Å². The second-order valence-electron chi connectivity index (χ2n) is 4.93. The van der Waals surface area contributed by atoms with Crippen LogP contribution in [0, 0.1) is 5.82 Å². The highest BCUT2D eigenvalue weighted by Crippen LogP contribution is 2.07. The van der Waals surface area contributed by atoms with Gasteiger partial charge in [0, 0.05) is 6.42 Å². The van der Waals surface area contributed by atoms with Gasteiger partial charge in [-0.2, -0.15) is 0 Å². The molecule has 0 aliphatic heterocycles. The van der Waals surface area contributed by atoms with Crippen LogP contribution in [0.5, 0.6) is 0 Å². The molecule has 1 atom stereocenters. The van der Waals surface area contributed by atoms with E-state index < -0.39 is 23.9 Å². The van der Waals surface area contributed by atoms with Crippen LogP contribution in [-0.4, -0.2) is 23.2 Å². The number of halogens is 1. The van der Waals surface area contributed by atoms with E-state index in [1.807, 2.05) is 18.2 Å². The summed E-state index contributed by atoms with van der Waals surface area (Å²) < 4.78 is 17.8. The molecule has 0 heterocycles. The van der Waals surface area contributed by atoms with E-state index in [1.54, 1.807) is 12.1 Å². The summed E-state index contributed by atoms with van der Waals surface area (Å²) >= 11 is 0. The maximum atomic E-state index is 12.8. The van der Waals surface area contributed by atoms with Crippen molar-refractivity contribution in [1.29, 1.82) is 0 Å². The number of alkyl carbamates (subject to hydrolysis) is 1. The maximum absolute atomic E-state index is 12.8. The zero-order valence-electron chi connectivity index (χ0n) is 12.2. The average molecular weight is 317 g/mol. The molecule has 0 bridgehead atoms. The Hall–Kier alpha value is -2.89. The van der Waals surface area contributed by atoms with Crippen molar-refractivity contribution in [2.45, 2.75) is 19.1 Å². The minimum absolute atomic E-state index is 0.0377. The van der Waals surface area contributed by atoms with Crippen molar-refractivity contribution < 1.29 is 23.8 Å². The van der Waals surface area contributed by atoms with E-state index >= 15 is 0 Å². The van der Waals surface area contributed by atoms with Gasteiger partial charge in [-0.3, -0.25) is 0 Å². The first-order valence-corrected chi connectivity index (χ1v) is 6.99. The Balaban J connectivity index is 1.89. The van der Waals surface area contributed by atoms with Gasteiger partial charge in [-0.05, 0) is 23.3 Å². The lowest BCUT2D eigenvalue weighted by Crippen LogP contribution is -2.42. The minimum Gasteiger partial charge on any atom is -0.480 e. The summed E-state index contributed by atoms with van der Waals surface area (Å²) in [5.41, 5.74) is 1.40. The van der Waals surface area contributed by atoms with Crippen LogP contribution in [0.3, 0.4) is 0 Å². The number of nitrogens with one attached hydrogen (secondary N) is 1. The lowest BCUT2D eigenvalue weighted by molar-refractivity contribution is -0.139. The van der Waals surface area contributed by atoms with E-state index in [0.717, 1.165) is 5.56 Å². The number of ether oxygens (including phenoxy) is 1. The molecule has 0 unspecified atom stereocenters. The molecule has 2 aromatic carbocycles. The molecule has 2 rings (SSSR count). The van der Waals surface area contributed by atoms with Crippen LogP contribution in [0.2, 0.25) is 0 Å². The van der Waals surface area contributed by atoms with E-state index in [4.69, 9.17) is 4.74 Å². The normalized spacial score (nSPS) is 11.5. The monoisotopic (exact) mass is 317 g/mol. The summed E-state index contributed by atoms with van der Waals surface area (Å²) in [5.74, 6) is -1.60. The zero-order valence-corrected chi connectivity index (χ0v) is 12.2. The Labute approximate surface area is 132 Å². The van der Waals surface area contributed by atoms with E-state index in [9.17, 15) is 19.1 Å². The van der Waals surface area contributed by atoms with Crippen LogP contribution < -0.4 is 5.32 Å². The van der Waals surface area contributed by atoms with Gasteiger partial charge in [0.15, 0.2) is 0 Å². The second-order valence-corrected chi connectivity index (χ2v) is 4.93. The minimum atomic E-state index is -1.19. The number of carboxylic acids is 1. The lowest BCUT2D eigenvalue weighted by Gasteiger charge is -2.14. The predicted molar refractivity (Wildman–Crippen MR) is 81.3 cm³/mol. The lowest BCUT2D eigenvalue weighted by atomic mass is 10.1. The zero-order chi connectivity index (χ0) is 16.7. The van der Waals surface area contributed by atoms with Gasteiger partial charge >= 0.3 is 12.1 Å². The molecule has 5 nitrogen and oxygen atoms in total. The van der Waals surface area contributed by atoms with Crippen LogP contribution in [0.15, 0.2) is 54.6 Å². The van der Waals surface area contributed by atoms with Gasteiger partial charge in [-0.15, -0.1) is 0 Å². The molecule has 1 amide bonds. The van der Waals surface area contributed by atoms with Crippen LogP contribution in [-0.2, 0) is 22.6 Å². The Bertz CT molecular complexity index is 658. The Morgan fingerprint density at radius 1 is 1.04 bits per heavy atom. The molecule has 23 heavy (non-hydrogen) atoms. The molecule has 6 heteroatoms. The van der Waals surface area contributed by atoms with Gasteiger partial charge in [-0.1, -0.05) is 42.5 Å². The Kier molecular flexibility index (Phi) is 5.68. The van der Waals surface area contributed by atoms with Crippen molar-refractivity contribution in [1.82, 2.24) is 5.32 Å². The third-order valence-corrected chi connectivity index (χ3v) is 3.16. The van der Waals surface area contributed by atoms with Crippen molar-refractivity contribution in [3.05, 3.63) is 71.5 Å². The fraction of sp³-hybridized carbons (Fsp3) is 0.176.